The molecular weight excluding hydrogens is 529 g/mol. The average Bonchev–Trinajstić information content (AvgIpc) is 3.52. The van der Waals surface area contributed by atoms with Gasteiger partial charge in [0.2, 0.25) is 5.91 Å². The molecule has 0 bridgehead atoms. The highest BCUT2D eigenvalue weighted by molar-refractivity contribution is 14.0. The third kappa shape index (κ3) is 6.96. The van der Waals surface area contributed by atoms with Crippen LogP contribution in [0.1, 0.15) is 42.2 Å². The van der Waals surface area contributed by atoms with Crippen LogP contribution in [0.4, 0.5) is 0 Å². The van der Waals surface area contributed by atoms with E-state index in [0.29, 0.717) is 18.5 Å². The predicted octanol–water partition coefficient (Wildman–Crippen LogP) is 3.22. The van der Waals surface area contributed by atoms with Crippen molar-refractivity contribution < 1.29 is 9.21 Å². The van der Waals surface area contributed by atoms with Gasteiger partial charge in [-0.2, -0.15) is 0 Å². The zero-order chi connectivity index (χ0) is 22.3. The molecule has 1 fully saturated rings. The van der Waals surface area contributed by atoms with E-state index >= 15 is 0 Å². The molecule has 0 saturated carbocycles. The Morgan fingerprint density at radius 3 is 2.64 bits per heavy atom. The summed E-state index contributed by atoms with van der Waals surface area (Å²) in [4.78, 5) is 20.8. The summed E-state index contributed by atoms with van der Waals surface area (Å²) in [6.45, 7) is 2.95. The molecule has 33 heavy (non-hydrogen) atoms. The number of furan rings is 1. The second-order valence-corrected chi connectivity index (χ2v) is 8.96. The molecule has 2 heterocycles. The van der Waals surface area contributed by atoms with E-state index in [1.54, 1.807) is 25.3 Å². The zero-order valence-electron chi connectivity index (χ0n) is 19.6. The highest BCUT2D eigenvalue weighted by atomic mass is 127. The van der Waals surface area contributed by atoms with Crippen molar-refractivity contribution in [1.82, 2.24) is 20.4 Å². The summed E-state index contributed by atoms with van der Waals surface area (Å²) in [6.07, 6.45) is 7.24. The quantitative estimate of drug-likeness (QED) is 0.307. The Kier molecular flexibility index (Phi) is 9.61. The number of benzene rings is 1. The fourth-order valence-electron chi connectivity index (χ4n) is 4.59. The first-order chi connectivity index (χ1) is 15.6. The number of aryl methyl sites for hydroxylation is 1. The number of carbonyl (C=O) groups is 1. The minimum atomic E-state index is -0.0118. The molecule has 7 nitrogen and oxygen atoms in total. The molecule has 2 aromatic rings. The number of carbonyl (C=O) groups excluding carboxylic acids is 1. The number of nitrogens with one attached hydrogen (secondary N) is 2. The van der Waals surface area contributed by atoms with Crippen LogP contribution in [0.25, 0.3) is 0 Å². The van der Waals surface area contributed by atoms with Crippen LogP contribution in [0, 0.1) is 0 Å². The molecule has 1 aliphatic carbocycles. The van der Waals surface area contributed by atoms with Crippen LogP contribution in [0.2, 0.25) is 0 Å². The van der Waals surface area contributed by atoms with Gasteiger partial charge in [-0.1, -0.05) is 24.3 Å². The first kappa shape index (κ1) is 25.6. The van der Waals surface area contributed by atoms with Crippen molar-refractivity contribution in [3.05, 3.63) is 59.5 Å². The van der Waals surface area contributed by atoms with E-state index in [2.05, 4.69) is 44.8 Å². The fourth-order valence-corrected chi connectivity index (χ4v) is 4.59. The number of amides is 1. The third-order valence-electron chi connectivity index (χ3n) is 6.47. The van der Waals surface area contributed by atoms with Gasteiger partial charge < -0.3 is 20.0 Å². The summed E-state index contributed by atoms with van der Waals surface area (Å²) in [5.41, 5.74) is 2.83. The number of hydrogen-bond donors (Lipinski definition) is 2. The molecule has 1 aromatic carbocycles. The second kappa shape index (κ2) is 12.4. The van der Waals surface area contributed by atoms with Gasteiger partial charge in [0.1, 0.15) is 12.3 Å². The number of halogens is 1. The Morgan fingerprint density at radius 1 is 1.18 bits per heavy atom. The molecule has 2 N–H and O–H groups in total. The molecule has 2 atom stereocenters. The average molecular weight is 566 g/mol. The summed E-state index contributed by atoms with van der Waals surface area (Å²) in [5.74, 6) is 1.65. The van der Waals surface area contributed by atoms with E-state index < -0.39 is 0 Å². The number of rotatable bonds is 7. The van der Waals surface area contributed by atoms with Crippen molar-refractivity contribution >= 4 is 35.8 Å². The predicted molar refractivity (Wildman–Crippen MR) is 142 cm³/mol. The first-order valence-corrected chi connectivity index (χ1v) is 11.7. The molecule has 0 radical (unpaired) electrons. The topological polar surface area (TPSA) is 73.1 Å². The standard InChI is InChI=1S/C25H35N5O2.HI/c1-29(2)24(31)18-27-25(28-21-12-11-19-8-3-4-9-20(19)16-21)26-17-22(23-10-7-15-32-23)30-13-5-6-14-30;/h3-4,7-10,15,21-22H,5-6,11-14,16-18H2,1-2H3,(H2,26,27,28);1H. The fraction of sp³-hybridized carbons (Fsp3) is 0.520. The number of fused-ring (bicyclic) bond motifs is 1. The Labute approximate surface area is 214 Å². The van der Waals surface area contributed by atoms with Crippen molar-refractivity contribution in [1.29, 1.82) is 0 Å². The van der Waals surface area contributed by atoms with E-state index in [1.165, 1.54) is 24.0 Å². The third-order valence-corrected chi connectivity index (χ3v) is 6.47. The molecule has 2 unspecified atom stereocenters. The minimum Gasteiger partial charge on any atom is -0.468 e. The van der Waals surface area contributed by atoms with Gasteiger partial charge in [-0.05, 0) is 68.5 Å². The minimum absolute atomic E-state index is 0. The van der Waals surface area contributed by atoms with E-state index in [9.17, 15) is 4.79 Å². The largest absolute Gasteiger partial charge is 0.468 e. The van der Waals surface area contributed by atoms with Gasteiger partial charge in [-0.3, -0.25) is 9.69 Å². The van der Waals surface area contributed by atoms with Gasteiger partial charge in [0.25, 0.3) is 0 Å². The van der Waals surface area contributed by atoms with E-state index in [-0.39, 0.29) is 42.5 Å². The molecule has 1 aromatic heterocycles. The van der Waals surface area contributed by atoms with Crippen molar-refractivity contribution in [2.45, 2.75) is 44.2 Å². The lowest BCUT2D eigenvalue weighted by Gasteiger charge is -2.29. The molecule has 0 spiro atoms. The number of hydrogen-bond acceptors (Lipinski definition) is 4. The van der Waals surface area contributed by atoms with Crippen LogP contribution in [-0.4, -0.2) is 68.0 Å². The van der Waals surface area contributed by atoms with E-state index in [1.807, 2.05) is 12.1 Å². The van der Waals surface area contributed by atoms with Gasteiger partial charge in [0.15, 0.2) is 5.96 Å². The summed E-state index contributed by atoms with van der Waals surface area (Å²) >= 11 is 0. The Balaban J connectivity index is 0.00000306. The number of aliphatic imine (C=N–C) groups is 1. The first-order valence-electron chi connectivity index (χ1n) is 11.7. The molecule has 180 valence electrons. The van der Waals surface area contributed by atoms with Gasteiger partial charge in [0.05, 0.1) is 12.3 Å². The number of likely N-dealkylation sites (N-methyl/N-ethyl adjacent to an activating group) is 1. The van der Waals surface area contributed by atoms with Crippen LogP contribution in [0.15, 0.2) is 52.1 Å². The second-order valence-electron chi connectivity index (χ2n) is 8.96. The van der Waals surface area contributed by atoms with Crippen LogP contribution in [0.3, 0.4) is 0 Å². The van der Waals surface area contributed by atoms with Gasteiger partial charge in [-0.25, -0.2) is 4.99 Å². The molecular formula is C25H36IN5O2. The zero-order valence-corrected chi connectivity index (χ0v) is 22.0. The normalized spacial score (nSPS) is 19.3. The smallest absolute Gasteiger partial charge is 0.243 e. The number of nitrogens with zero attached hydrogens (tertiary/aromatic N) is 3. The maximum atomic E-state index is 12.2. The van der Waals surface area contributed by atoms with Gasteiger partial charge >= 0.3 is 0 Å². The molecule has 1 saturated heterocycles. The highest BCUT2D eigenvalue weighted by Gasteiger charge is 2.26. The molecule has 4 rings (SSSR count). The Bertz CT molecular complexity index is 909. The summed E-state index contributed by atoms with van der Waals surface area (Å²) < 4.78 is 5.76. The lowest BCUT2D eigenvalue weighted by Crippen LogP contribution is -2.48. The Morgan fingerprint density at radius 2 is 1.94 bits per heavy atom. The van der Waals surface area contributed by atoms with Gasteiger partial charge in [0, 0.05) is 26.7 Å². The SMILES string of the molecule is CN(C)C(=O)CN=C(NCC(c1ccco1)N1CCCC1)NC1CCc2ccccc2C1.I. The highest BCUT2D eigenvalue weighted by Crippen LogP contribution is 2.25. The van der Waals surface area contributed by atoms with Crippen molar-refractivity contribution in [2.24, 2.45) is 4.99 Å². The maximum Gasteiger partial charge on any atom is 0.243 e. The van der Waals surface area contributed by atoms with Crippen molar-refractivity contribution in [2.75, 3.05) is 40.3 Å². The monoisotopic (exact) mass is 565 g/mol. The maximum absolute atomic E-state index is 12.2. The van der Waals surface area contributed by atoms with E-state index in [0.717, 1.165) is 38.1 Å². The molecule has 2 aliphatic rings. The number of guanidine groups is 1. The van der Waals surface area contributed by atoms with Crippen molar-refractivity contribution in [3.63, 3.8) is 0 Å². The molecule has 1 amide bonds. The van der Waals surface area contributed by atoms with E-state index in [4.69, 9.17) is 4.42 Å². The summed E-state index contributed by atoms with van der Waals surface area (Å²) in [5, 5.41) is 7.12. The lowest BCUT2D eigenvalue weighted by atomic mass is 9.88. The number of likely N-dealkylation sites (tertiary alicyclic amines) is 1. The lowest BCUT2D eigenvalue weighted by molar-refractivity contribution is -0.127. The summed E-state index contributed by atoms with van der Waals surface area (Å²) in [6, 6.07) is 13.1. The molecule has 1 aliphatic heterocycles. The van der Waals surface area contributed by atoms with Crippen molar-refractivity contribution in [3.8, 4) is 0 Å². The van der Waals surface area contributed by atoms with Crippen LogP contribution in [0.5, 0.6) is 0 Å². The van der Waals surface area contributed by atoms with Gasteiger partial charge in [-0.15, -0.1) is 24.0 Å². The summed E-state index contributed by atoms with van der Waals surface area (Å²) in [7, 11) is 3.52. The molecule has 8 heteroatoms. The van der Waals surface area contributed by atoms with Crippen LogP contribution in [-0.2, 0) is 17.6 Å². The van der Waals surface area contributed by atoms with Crippen LogP contribution < -0.4 is 10.6 Å². The van der Waals surface area contributed by atoms with Crippen LogP contribution >= 0.6 is 24.0 Å². The Hall–Kier alpha value is -2.07.